The van der Waals surface area contributed by atoms with Crippen LogP contribution in [0.1, 0.15) is 18.4 Å². The molecule has 0 unspecified atom stereocenters. The highest BCUT2D eigenvalue weighted by molar-refractivity contribution is 7.92. The summed E-state index contributed by atoms with van der Waals surface area (Å²) in [5.74, 6) is 0.622. The summed E-state index contributed by atoms with van der Waals surface area (Å²) in [6.45, 7) is 0. The Morgan fingerprint density at radius 1 is 1.55 bits per heavy atom. The molecular formula is C12H17N3O4S. The molecule has 0 saturated heterocycles. The summed E-state index contributed by atoms with van der Waals surface area (Å²) in [5, 5.41) is 11.5. The van der Waals surface area contributed by atoms with Gasteiger partial charge in [-0.25, -0.2) is 8.42 Å². The summed E-state index contributed by atoms with van der Waals surface area (Å²) in [6, 6.07) is 4.58. The van der Waals surface area contributed by atoms with Gasteiger partial charge in [0.25, 0.3) is 0 Å². The molecule has 0 spiro atoms. The molecule has 1 saturated carbocycles. The molecule has 4 N–H and O–H groups in total. The fourth-order valence-corrected chi connectivity index (χ4v) is 3.34. The van der Waals surface area contributed by atoms with Gasteiger partial charge in [0, 0.05) is 5.56 Å². The van der Waals surface area contributed by atoms with Crippen molar-refractivity contribution in [3.63, 3.8) is 0 Å². The van der Waals surface area contributed by atoms with Crippen molar-refractivity contribution in [3.05, 3.63) is 23.8 Å². The second-order valence-corrected chi connectivity index (χ2v) is 6.49. The molecular weight excluding hydrogens is 282 g/mol. The van der Waals surface area contributed by atoms with Gasteiger partial charge in [0.2, 0.25) is 10.0 Å². The minimum atomic E-state index is -3.38. The van der Waals surface area contributed by atoms with Gasteiger partial charge in [0.15, 0.2) is 5.84 Å². The Balaban J connectivity index is 2.23. The van der Waals surface area contributed by atoms with E-state index in [1.54, 1.807) is 6.07 Å². The lowest BCUT2D eigenvalue weighted by atomic mass is 10.2. The Morgan fingerprint density at radius 3 is 2.80 bits per heavy atom. The normalized spacial score (nSPS) is 15.9. The molecule has 0 heterocycles. The van der Waals surface area contributed by atoms with Crippen LogP contribution in [-0.4, -0.2) is 32.3 Å². The maximum absolute atomic E-state index is 11.9. The lowest BCUT2D eigenvalue weighted by Gasteiger charge is -2.12. The van der Waals surface area contributed by atoms with Crippen molar-refractivity contribution in [3.8, 4) is 5.75 Å². The zero-order chi connectivity index (χ0) is 14.8. The van der Waals surface area contributed by atoms with E-state index in [4.69, 9.17) is 15.7 Å². The number of methoxy groups -OCH3 is 1. The van der Waals surface area contributed by atoms with Gasteiger partial charge in [-0.3, -0.25) is 4.72 Å². The second-order valence-electron chi connectivity index (χ2n) is 4.73. The van der Waals surface area contributed by atoms with Gasteiger partial charge >= 0.3 is 0 Å². The topological polar surface area (TPSA) is 114 Å². The van der Waals surface area contributed by atoms with Gasteiger partial charge in [-0.15, -0.1) is 0 Å². The van der Waals surface area contributed by atoms with E-state index in [9.17, 15) is 8.42 Å². The van der Waals surface area contributed by atoms with Crippen molar-refractivity contribution in [2.24, 2.45) is 16.8 Å². The van der Waals surface area contributed by atoms with Crippen molar-refractivity contribution >= 4 is 21.5 Å². The largest absolute Gasteiger partial charge is 0.495 e. The third-order valence-corrected chi connectivity index (χ3v) is 4.46. The zero-order valence-corrected chi connectivity index (χ0v) is 11.9. The number of oxime groups is 1. The molecule has 1 aromatic rings. The first-order chi connectivity index (χ1) is 9.45. The highest BCUT2D eigenvalue weighted by Gasteiger charge is 2.28. The van der Waals surface area contributed by atoms with Crippen molar-refractivity contribution in [2.45, 2.75) is 12.8 Å². The van der Waals surface area contributed by atoms with E-state index in [0.29, 0.717) is 17.0 Å². The van der Waals surface area contributed by atoms with Crippen LogP contribution in [0.2, 0.25) is 0 Å². The maximum atomic E-state index is 11.9. The molecule has 0 aliphatic heterocycles. The lowest BCUT2D eigenvalue weighted by molar-refractivity contribution is 0.318. The first-order valence-corrected chi connectivity index (χ1v) is 7.77. The fourth-order valence-electron chi connectivity index (χ4n) is 1.80. The van der Waals surface area contributed by atoms with Gasteiger partial charge in [-0.2, -0.15) is 0 Å². The molecule has 0 radical (unpaired) electrons. The Kier molecular flexibility index (Phi) is 4.03. The fraction of sp³-hybridized carbons (Fsp3) is 0.417. The molecule has 1 aliphatic rings. The zero-order valence-electron chi connectivity index (χ0n) is 11.0. The number of rotatable bonds is 6. The molecule has 20 heavy (non-hydrogen) atoms. The van der Waals surface area contributed by atoms with E-state index >= 15 is 0 Å². The van der Waals surface area contributed by atoms with Crippen molar-refractivity contribution in [1.29, 1.82) is 0 Å². The smallest absolute Gasteiger partial charge is 0.233 e. The van der Waals surface area contributed by atoms with Gasteiger partial charge in [-0.05, 0) is 37.0 Å². The SMILES string of the molecule is COc1cc(/C(N)=N/O)ccc1NS(=O)(=O)CC1CC1. The van der Waals surface area contributed by atoms with Gasteiger partial charge in [-0.1, -0.05) is 5.16 Å². The monoisotopic (exact) mass is 299 g/mol. The highest BCUT2D eigenvalue weighted by atomic mass is 32.2. The molecule has 2 rings (SSSR count). The van der Waals surface area contributed by atoms with Crippen LogP contribution < -0.4 is 15.2 Å². The number of sulfonamides is 1. The molecule has 1 fully saturated rings. The standard InChI is InChI=1S/C12H17N3O4S/c1-19-11-6-9(12(13)14-16)4-5-10(11)15-20(17,18)7-8-2-3-8/h4-6,8,15-16H,2-3,7H2,1H3,(H2,13,14). The predicted octanol–water partition coefficient (Wildman–Crippen LogP) is 0.941. The first-order valence-electron chi connectivity index (χ1n) is 6.11. The molecule has 7 nitrogen and oxygen atoms in total. The number of hydrogen-bond acceptors (Lipinski definition) is 5. The van der Waals surface area contributed by atoms with E-state index in [-0.39, 0.29) is 17.5 Å². The Morgan fingerprint density at radius 2 is 2.25 bits per heavy atom. The van der Waals surface area contributed by atoms with Crippen LogP contribution in [0.5, 0.6) is 5.75 Å². The summed E-state index contributed by atoms with van der Waals surface area (Å²) in [4.78, 5) is 0. The van der Waals surface area contributed by atoms with Crippen LogP contribution in [0, 0.1) is 5.92 Å². The molecule has 110 valence electrons. The molecule has 1 aliphatic carbocycles. The quantitative estimate of drug-likeness (QED) is 0.313. The number of anilines is 1. The molecule has 8 heteroatoms. The van der Waals surface area contributed by atoms with E-state index in [0.717, 1.165) is 12.8 Å². The van der Waals surface area contributed by atoms with Crippen LogP contribution in [0.4, 0.5) is 5.69 Å². The minimum Gasteiger partial charge on any atom is -0.495 e. The van der Waals surface area contributed by atoms with E-state index < -0.39 is 10.0 Å². The average Bonchev–Trinajstić information content (AvgIpc) is 3.20. The molecule has 0 aromatic heterocycles. The summed E-state index contributed by atoms with van der Waals surface area (Å²) in [6.07, 6.45) is 1.92. The van der Waals surface area contributed by atoms with Crippen molar-refractivity contribution < 1.29 is 18.4 Å². The summed E-state index contributed by atoms with van der Waals surface area (Å²) < 4.78 is 31.5. The van der Waals surface area contributed by atoms with E-state index in [1.807, 2.05) is 0 Å². The van der Waals surface area contributed by atoms with Gasteiger partial charge < -0.3 is 15.7 Å². The molecule has 0 bridgehead atoms. The second kappa shape index (κ2) is 5.58. The van der Waals surface area contributed by atoms with Gasteiger partial charge in [0.1, 0.15) is 5.75 Å². The summed E-state index contributed by atoms with van der Waals surface area (Å²) in [7, 11) is -1.96. The number of nitrogens with one attached hydrogen (secondary N) is 1. The number of nitrogens with zero attached hydrogens (tertiary/aromatic N) is 1. The summed E-state index contributed by atoms with van der Waals surface area (Å²) >= 11 is 0. The minimum absolute atomic E-state index is 0.0734. The predicted molar refractivity (Wildman–Crippen MR) is 75.6 cm³/mol. The number of ether oxygens (including phenoxy) is 1. The van der Waals surface area contributed by atoms with Crippen LogP contribution in [0.3, 0.4) is 0 Å². The van der Waals surface area contributed by atoms with Crippen LogP contribution in [-0.2, 0) is 10.0 Å². The Labute approximate surface area is 117 Å². The average molecular weight is 299 g/mol. The third kappa shape index (κ3) is 3.53. The highest BCUT2D eigenvalue weighted by Crippen LogP contribution is 2.32. The molecule has 0 amide bonds. The van der Waals surface area contributed by atoms with Crippen LogP contribution in [0.15, 0.2) is 23.4 Å². The van der Waals surface area contributed by atoms with Gasteiger partial charge in [0.05, 0.1) is 18.6 Å². The summed E-state index contributed by atoms with van der Waals surface area (Å²) in [5.41, 5.74) is 6.25. The number of nitrogens with two attached hydrogens (primary N) is 1. The lowest BCUT2D eigenvalue weighted by Crippen LogP contribution is -2.19. The first kappa shape index (κ1) is 14.4. The maximum Gasteiger partial charge on any atom is 0.233 e. The molecule has 0 atom stereocenters. The molecule has 1 aromatic carbocycles. The number of benzene rings is 1. The van der Waals surface area contributed by atoms with Crippen molar-refractivity contribution in [2.75, 3.05) is 17.6 Å². The van der Waals surface area contributed by atoms with Crippen molar-refractivity contribution in [1.82, 2.24) is 0 Å². The van der Waals surface area contributed by atoms with Crippen LogP contribution in [0.25, 0.3) is 0 Å². The Hall–Kier alpha value is -1.96. The number of hydrogen-bond donors (Lipinski definition) is 3. The van der Waals surface area contributed by atoms with Crippen LogP contribution >= 0.6 is 0 Å². The third-order valence-electron chi connectivity index (χ3n) is 3.02. The van der Waals surface area contributed by atoms with E-state index in [1.165, 1.54) is 19.2 Å². The Bertz CT molecular complexity index is 624. The number of amidine groups is 1. The van der Waals surface area contributed by atoms with E-state index in [2.05, 4.69) is 9.88 Å².